The normalized spacial score (nSPS) is 17.2. The molecule has 4 rings (SSSR count). The minimum Gasteiger partial charge on any atom is -0.360 e. The van der Waals surface area contributed by atoms with Crippen LogP contribution in [0.2, 0.25) is 0 Å². The molecular weight excluding hydrogens is 321 g/mol. The van der Waals surface area contributed by atoms with Crippen molar-refractivity contribution in [3.63, 3.8) is 0 Å². The molecule has 1 atom stereocenters. The molecule has 2 heterocycles. The molecule has 1 aliphatic heterocycles. The quantitative estimate of drug-likeness (QED) is 0.772. The number of para-hydroxylation sites is 1. The van der Waals surface area contributed by atoms with Crippen molar-refractivity contribution in [3.8, 4) is 0 Å². The number of benzene rings is 2. The summed E-state index contributed by atoms with van der Waals surface area (Å²) in [6, 6.07) is 13.0. The van der Waals surface area contributed by atoms with Gasteiger partial charge in [-0.05, 0) is 36.8 Å². The number of amides is 2. The van der Waals surface area contributed by atoms with Crippen LogP contribution in [-0.4, -0.2) is 29.4 Å². The van der Waals surface area contributed by atoms with Crippen molar-refractivity contribution in [2.24, 2.45) is 0 Å². The van der Waals surface area contributed by atoms with Gasteiger partial charge in [0, 0.05) is 29.3 Å². The van der Waals surface area contributed by atoms with Gasteiger partial charge in [0.1, 0.15) is 11.9 Å². The lowest BCUT2D eigenvalue weighted by Gasteiger charge is -2.17. The molecule has 126 valence electrons. The highest BCUT2D eigenvalue weighted by atomic mass is 19.1. The number of carbonyl (C=O) groups excluding carboxylic acids is 2. The van der Waals surface area contributed by atoms with E-state index in [4.69, 9.17) is 0 Å². The van der Waals surface area contributed by atoms with Crippen LogP contribution in [-0.2, 0) is 4.79 Å². The summed E-state index contributed by atoms with van der Waals surface area (Å²) >= 11 is 0. The van der Waals surface area contributed by atoms with Crippen LogP contribution < -0.4 is 10.2 Å². The predicted molar refractivity (Wildman–Crippen MR) is 92.9 cm³/mol. The van der Waals surface area contributed by atoms with Crippen molar-refractivity contribution in [2.75, 3.05) is 11.4 Å². The van der Waals surface area contributed by atoms with E-state index >= 15 is 0 Å². The van der Waals surface area contributed by atoms with Crippen molar-refractivity contribution < 1.29 is 14.0 Å². The summed E-state index contributed by atoms with van der Waals surface area (Å²) in [5, 5.41) is 3.42. The molecular formula is C19H16FN3O2. The highest BCUT2D eigenvalue weighted by molar-refractivity contribution is 6.09. The van der Waals surface area contributed by atoms with Gasteiger partial charge in [0.05, 0.1) is 5.56 Å². The number of hydrogen-bond acceptors (Lipinski definition) is 2. The Balaban J connectivity index is 1.52. The van der Waals surface area contributed by atoms with Gasteiger partial charge in [-0.3, -0.25) is 9.59 Å². The maximum absolute atomic E-state index is 13.3. The van der Waals surface area contributed by atoms with Gasteiger partial charge in [0.2, 0.25) is 5.91 Å². The van der Waals surface area contributed by atoms with Gasteiger partial charge < -0.3 is 15.2 Å². The standard InChI is InChI=1S/C19H16FN3O2/c20-12-6-7-14-15(11-21-17(14)10-12)18(24)22-16-8-9-23(19(16)25)13-4-2-1-3-5-13/h1-7,10-11,16,21H,8-9H2,(H,22,24)/t16-/m0/s1. The second-order valence-corrected chi connectivity index (χ2v) is 6.03. The minimum absolute atomic E-state index is 0.120. The Morgan fingerprint density at radius 1 is 1.20 bits per heavy atom. The zero-order valence-corrected chi connectivity index (χ0v) is 13.3. The molecule has 0 bridgehead atoms. The number of nitrogens with zero attached hydrogens (tertiary/aromatic N) is 1. The first-order chi connectivity index (χ1) is 12.1. The minimum atomic E-state index is -0.557. The largest absolute Gasteiger partial charge is 0.360 e. The molecule has 2 aromatic carbocycles. The Morgan fingerprint density at radius 2 is 2.00 bits per heavy atom. The highest BCUT2D eigenvalue weighted by Crippen LogP contribution is 2.23. The lowest BCUT2D eigenvalue weighted by atomic mass is 10.1. The third kappa shape index (κ3) is 2.76. The number of rotatable bonds is 3. The Bertz CT molecular complexity index is 952. The van der Waals surface area contributed by atoms with Gasteiger partial charge in [-0.25, -0.2) is 4.39 Å². The number of H-pyrrole nitrogens is 1. The number of anilines is 1. The first-order valence-corrected chi connectivity index (χ1v) is 8.07. The maximum atomic E-state index is 13.3. The van der Waals surface area contributed by atoms with E-state index in [2.05, 4.69) is 10.3 Å². The lowest BCUT2D eigenvalue weighted by molar-refractivity contribution is -0.118. The topological polar surface area (TPSA) is 65.2 Å². The van der Waals surface area contributed by atoms with Crippen LogP contribution >= 0.6 is 0 Å². The molecule has 1 saturated heterocycles. The molecule has 0 spiro atoms. The average molecular weight is 337 g/mol. The first-order valence-electron chi connectivity index (χ1n) is 8.07. The fraction of sp³-hybridized carbons (Fsp3) is 0.158. The van der Waals surface area contributed by atoms with Gasteiger partial charge >= 0.3 is 0 Å². The molecule has 2 N–H and O–H groups in total. The monoisotopic (exact) mass is 337 g/mol. The van der Waals surface area contributed by atoms with Gasteiger partial charge in [-0.15, -0.1) is 0 Å². The third-order valence-corrected chi connectivity index (χ3v) is 4.47. The Labute approximate surface area is 143 Å². The van der Waals surface area contributed by atoms with Crippen molar-refractivity contribution in [1.82, 2.24) is 10.3 Å². The van der Waals surface area contributed by atoms with Crippen LogP contribution in [0.5, 0.6) is 0 Å². The second-order valence-electron chi connectivity index (χ2n) is 6.03. The summed E-state index contributed by atoms with van der Waals surface area (Å²) in [5.74, 6) is -0.831. The number of fused-ring (bicyclic) bond motifs is 1. The van der Waals surface area contributed by atoms with E-state index < -0.39 is 6.04 Å². The summed E-state index contributed by atoms with van der Waals surface area (Å²) in [4.78, 5) is 29.7. The third-order valence-electron chi connectivity index (χ3n) is 4.47. The molecule has 1 aromatic heterocycles. The van der Waals surface area contributed by atoms with Gasteiger partial charge in [-0.2, -0.15) is 0 Å². The van der Waals surface area contributed by atoms with Crippen LogP contribution in [0.1, 0.15) is 16.8 Å². The SMILES string of the molecule is O=C(N[C@H]1CCN(c2ccccc2)C1=O)c1c[nH]c2cc(F)ccc12. The van der Waals surface area contributed by atoms with Gasteiger partial charge in [-0.1, -0.05) is 18.2 Å². The predicted octanol–water partition coefficient (Wildman–Crippen LogP) is 2.84. The number of nitrogens with one attached hydrogen (secondary N) is 2. The van der Waals surface area contributed by atoms with Crippen LogP contribution in [0.25, 0.3) is 10.9 Å². The van der Waals surface area contributed by atoms with Crippen LogP contribution in [0, 0.1) is 5.82 Å². The number of aromatic nitrogens is 1. The van der Waals surface area contributed by atoms with Gasteiger partial charge in [0.15, 0.2) is 0 Å². The number of carbonyl (C=O) groups is 2. The molecule has 0 aliphatic carbocycles. The molecule has 25 heavy (non-hydrogen) atoms. The molecule has 5 nitrogen and oxygen atoms in total. The van der Waals surface area contributed by atoms with Crippen molar-refractivity contribution in [2.45, 2.75) is 12.5 Å². The molecule has 3 aromatic rings. The Morgan fingerprint density at radius 3 is 2.80 bits per heavy atom. The fourth-order valence-electron chi connectivity index (χ4n) is 3.20. The van der Waals surface area contributed by atoms with E-state index in [1.165, 1.54) is 18.3 Å². The Kier molecular flexibility index (Phi) is 3.72. The van der Waals surface area contributed by atoms with Crippen LogP contribution in [0.4, 0.5) is 10.1 Å². The summed E-state index contributed by atoms with van der Waals surface area (Å²) in [6.45, 7) is 0.562. The summed E-state index contributed by atoms with van der Waals surface area (Å²) in [7, 11) is 0. The zero-order chi connectivity index (χ0) is 17.4. The van der Waals surface area contributed by atoms with Crippen molar-refractivity contribution in [3.05, 3.63) is 66.1 Å². The Hall–Kier alpha value is -3.15. The van der Waals surface area contributed by atoms with E-state index in [1.807, 2.05) is 30.3 Å². The molecule has 0 unspecified atom stereocenters. The number of hydrogen-bond donors (Lipinski definition) is 2. The maximum Gasteiger partial charge on any atom is 0.254 e. The summed E-state index contributed by atoms with van der Waals surface area (Å²) in [6.07, 6.45) is 2.09. The molecule has 0 saturated carbocycles. The second kappa shape index (κ2) is 6.05. The number of aromatic amines is 1. The fourth-order valence-corrected chi connectivity index (χ4v) is 3.20. The summed E-state index contributed by atoms with van der Waals surface area (Å²) < 4.78 is 13.3. The van der Waals surface area contributed by atoms with E-state index in [-0.39, 0.29) is 17.6 Å². The van der Waals surface area contributed by atoms with Crippen LogP contribution in [0.15, 0.2) is 54.7 Å². The van der Waals surface area contributed by atoms with Crippen molar-refractivity contribution in [1.29, 1.82) is 0 Å². The average Bonchev–Trinajstić information content (AvgIpc) is 3.19. The molecule has 2 amide bonds. The first kappa shape index (κ1) is 15.4. The summed E-state index contributed by atoms with van der Waals surface area (Å²) in [5.41, 5.74) is 1.78. The van der Waals surface area contributed by atoms with E-state index in [9.17, 15) is 14.0 Å². The lowest BCUT2D eigenvalue weighted by Crippen LogP contribution is -2.41. The van der Waals surface area contributed by atoms with E-state index in [0.29, 0.717) is 29.4 Å². The molecule has 1 aliphatic rings. The van der Waals surface area contributed by atoms with Crippen molar-refractivity contribution >= 4 is 28.4 Å². The highest BCUT2D eigenvalue weighted by Gasteiger charge is 2.34. The zero-order valence-electron chi connectivity index (χ0n) is 13.3. The van der Waals surface area contributed by atoms with E-state index in [0.717, 1.165) is 5.69 Å². The van der Waals surface area contributed by atoms with Gasteiger partial charge in [0.25, 0.3) is 5.91 Å². The van der Waals surface area contributed by atoms with E-state index in [1.54, 1.807) is 11.0 Å². The van der Waals surface area contributed by atoms with Crippen LogP contribution in [0.3, 0.4) is 0 Å². The smallest absolute Gasteiger partial charge is 0.254 e. The molecule has 0 radical (unpaired) electrons. The molecule has 6 heteroatoms. The molecule has 1 fully saturated rings. The number of halogens is 1.